The van der Waals surface area contributed by atoms with E-state index in [4.69, 9.17) is 14.2 Å². The molecular formula is C22H30F2O3. The van der Waals surface area contributed by atoms with E-state index < -0.39 is 11.7 Å². The normalized spacial score (nSPS) is 22.1. The lowest BCUT2D eigenvalue weighted by Crippen LogP contribution is -2.27. The summed E-state index contributed by atoms with van der Waals surface area (Å²) >= 11 is 0. The minimum absolute atomic E-state index is 0.00722. The molecule has 150 valence electrons. The Morgan fingerprint density at radius 3 is 2.33 bits per heavy atom. The van der Waals surface area contributed by atoms with Crippen molar-refractivity contribution in [3.8, 4) is 0 Å². The smallest absolute Gasteiger partial charge is 0.196 e. The minimum atomic E-state index is -0.974. The SMILES string of the molecule is CC/C(COC1CCC(c2ccc(CC)cc2)CO1)=C(F)\C(F)=C(/C)OC. The van der Waals surface area contributed by atoms with Crippen LogP contribution in [0.3, 0.4) is 0 Å². The van der Waals surface area contributed by atoms with Crippen molar-refractivity contribution in [2.45, 2.75) is 58.7 Å². The summed E-state index contributed by atoms with van der Waals surface area (Å²) < 4.78 is 44.4. The van der Waals surface area contributed by atoms with Gasteiger partial charge in [0.15, 0.2) is 17.9 Å². The van der Waals surface area contributed by atoms with Crippen molar-refractivity contribution >= 4 is 0 Å². The molecule has 1 aliphatic rings. The molecule has 2 unspecified atom stereocenters. The lowest BCUT2D eigenvalue weighted by atomic mass is 9.92. The molecule has 0 bridgehead atoms. The van der Waals surface area contributed by atoms with Gasteiger partial charge in [-0.15, -0.1) is 0 Å². The molecule has 1 aromatic carbocycles. The summed E-state index contributed by atoms with van der Waals surface area (Å²) in [5.74, 6) is -1.61. The summed E-state index contributed by atoms with van der Waals surface area (Å²) in [7, 11) is 1.31. The number of halogens is 2. The Labute approximate surface area is 161 Å². The maximum atomic E-state index is 14.2. The zero-order valence-corrected chi connectivity index (χ0v) is 16.7. The van der Waals surface area contributed by atoms with Gasteiger partial charge < -0.3 is 14.2 Å². The maximum absolute atomic E-state index is 14.2. The molecule has 2 atom stereocenters. The fraction of sp³-hybridized carbons (Fsp3) is 0.545. The molecule has 1 saturated heterocycles. The fourth-order valence-corrected chi connectivity index (χ4v) is 3.06. The Morgan fingerprint density at radius 1 is 1.11 bits per heavy atom. The number of rotatable bonds is 8. The highest BCUT2D eigenvalue weighted by molar-refractivity contribution is 5.27. The van der Waals surface area contributed by atoms with Gasteiger partial charge in [-0.25, -0.2) is 8.78 Å². The van der Waals surface area contributed by atoms with Crippen molar-refractivity contribution in [2.24, 2.45) is 0 Å². The van der Waals surface area contributed by atoms with Crippen LogP contribution in [0.25, 0.3) is 0 Å². The zero-order valence-electron chi connectivity index (χ0n) is 16.7. The third-order valence-electron chi connectivity index (χ3n) is 5.08. The Bertz CT molecular complexity index is 657. The molecule has 0 saturated carbocycles. The average Bonchev–Trinajstić information content (AvgIpc) is 2.73. The van der Waals surface area contributed by atoms with Crippen molar-refractivity contribution < 1.29 is 23.0 Å². The molecule has 3 nitrogen and oxygen atoms in total. The summed E-state index contributed by atoms with van der Waals surface area (Å²) in [6, 6.07) is 8.63. The third-order valence-corrected chi connectivity index (χ3v) is 5.08. The van der Waals surface area contributed by atoms with Crippen molar-refractivity contribution in [1.29, 1.82) is 0 Å². The van der Waals surface area contributed by atoms with Crippen molar-refractivity contribution in [3.63, 3.8) is 0 Å². The molecule has 0 spiro atoms. The Balaban J connectivity index is 1.89. The topological polar surface area (TPSA) is 27.7 Å². The quantitative estimate of drug-likeness (QED) is 0.411. The zero-order chi connectivity index (χ0) is 19.8. The summed E-state index contributed by atoms with van der Waals surface area (Å²) in [6.07, 6.45) is 2.67. The van der Waals surface area contributed by atoms with Gasteiger partial charge >= 0.3 is 0 Å². The van der Waals surface area contributed by atoms with E-state index in [0.29, 0.717) is 18.9 Å². The molecule has 27 heavy (non-hydrogen) atoms. The number of methoxy groups -OCH3 is 1. The highest BCUT2D eigenvalue weighted by Gasteiger charge is 2.24. The first kappa shape index (κ1) is 21.6. The van der Waals surface area contributed by atoms with Crippen LogP contribution in [0.1, 0.15) is 57.1 Å². The first-order chi connectivity index (χ1) is 13.0. The second-order valence-corrected chi connectivity index (χ2v) is 6.79. The molecule has 5 heteroatoms. The number of hydrogen-bond acceptors (Lipinski definition) is 3. The van der Waals surface area contributed by atoms with Crippen LogP contribution in [0.5, 0.6) is 0 Å². The Kier molecular flexibility index (Phi) is 8.45. The van der Waals surface area contributed by atoms with Crippen LogP contribution in [0.2, 0.25) is 0 Å². The standard InChI is InChI=1S/C22H30F2O3/c1-5-16-7-9-18(10-8-16)19-11-12-20(27-14-19)26-13-17(6-2)22(24)21(23)15(3)25-4/h7-10,19-20H,5-6,11-14H2,1-4H3/b21-15-,22-17-. The van der Waals surface area contributed by atoms with E-state index in [9.17, 15) is 8.78 Å². The summed E-state index contributed by atoms with van der Waals surface area (Å²) in [4.78, 5) is 0. The van der Waals surface area contributed by atoms with Gasteiger partial charge in [-0.1, -0.05) is 38.1 Å². The Hall–Kier alpha value is -1.72. The van der Waals surface area contributed by atoms with E-state index >= 15 is 0 Å². The molecule has 0 radical (unpaired) electrons. The first-order valence-electron chi connectivity index (χ1n) is 9.60. The molecule has 0 amide bonds. The maximum Gasteiger partial charge on any atom is 0.196 e. The number of aryl methyl sites for hydroxylation is 1. The predicted octanol–water partition coefficient (Wildman–Crippen LogP) is 5.97. The third kappa shape index (κ3) is 5.88. The molecule has 1 heterocycles. The second kappa shape index (κ2) is 10.6. The fourth-order valence-electron chi connectivity index (χ4n) is 3.06. The van der Waals surface area contributed by atoms with Crippen LogP contribution in [-0.4, -0.2) is 26.6 Å². The van der Waals surface area contributed by atoms with Gasteiger partial charge in [-0.05, 0) is 49.3 Å². The van der Waals surface area contributed by atoms with E-state index in [1.165, 1.54) is 25.2 Å². The molecule has 1 aliphatic heterocycles. The molecule has 0 aromatic heterocycles. The monoisotopic (exact) mass is 380 g/mol. The molecule has 1 aromatic rings. The second-order valence-electron chi connectivity index (χ2n) is 6.79. The van der Waals surface area contributed by atoms with Crippen LogP contribution >= 0.6 is 0 Å². The number of hydrogen-bond donors (Lipinski definition) is 0. The van der Waals surface area contributed by atoms with E-state index in [0.717, 1.165) is 19.3 Å². The van der Waals surface area contributed by atoms with E-state index in [1.54, 1.807) is 6.92 Å². The number of benzene rings is 1. The molecule has 2 rings (SSSR count). The van der Waals surface area contributed by atoms with E-state index in [1.807, 2.05) is 0 Å². The van der Waals surface area contributed by atoms with Crippen LogP contribution in [0, 0.1) is 0 Å². The largest absolute Gasteiger partial charge is 0.498 e. The van der Waals surface area contributed by atoms with Crippen molar-refractivity contribution in [2.75, 3.05) is 20.3 Å². The number of ether oxygens (including phenoxy) is 3. The van der Waals surface area contributed by atoms with Gasteiger partial charge in [0, 0.05) is 5.92 Å². The summed E-state index contributed by atoms with van der Waals surface area (Å²) in [5.41, 5.74) is 2.86. The van der Waals surface area contributed by atoms with Gasteiger partial charge in [0.1, 0.15) is 5.76 Å². The van der Waals surface area contributed by atoms with E-state index in [2.05, 4.69) is 31.2 Å². The first-order valence-corrected chi connectivity index (χ1v) is 9.60. The minimum Gasteiger partial charge on any atom is -0.498 e. The van der Waals surface area contributed by atoms with Crippen LogP contribution in [-0.2, 0) is 20.6 Å². The highest BCUT2D eigenvalue weighted by Crippen LogP contribution is 2.30. The highest BCUT2D eigenvalue weighted by atomic mass is 19.2. The van der Waals surface area contributed by atoms with Crippen molar-refractivity contribution in [3.05, 3.63) is 58.4 Å². The Morgan fingerprint density at radius 2 is 1.81 bits per heavy atom. The average molecular weight is 380 g/mol. The lowest BCUT2D eigenvalue weighted by Gasteiger charge is -2.29. The van der Waals surface area contributed by atoms with Gasteiger partial charge in [-0.2, -0.15) is 0 Å². The van der Waals surface area contributed by atoms with E-state index in [-0.39, 0.29) is 24.2 Å². The molecule has 1 fully saturated rings. The van der Waals surface area contributed by atoms with Crippen LogP contribution in [0.15, 0.2) is 47.3 Å². The summed E-state index contributed by atoms with van der Waals surface area (Å²) in [5, 5.41) is 0. The molecule has 0 N–H and O–H groups in total. The molecule has 0 aliphatic carbocycles. The lowest BCUT2D eigenvalue weighted by molar-refractivity contribution is -0.162. The van der Waals surface area contributed by atoms with Gasteiger partial charge in [0.25, 0.3) is 0 Å². The van der Waals surface area contributed by atoms with Crippen molar-refractivity contribution in [1.82, 2.24) is 0 Å². The van der Waals surface area contributed by atoms with Gasteiger partial charge in [0.2, 0.25) is 0 Å². The number of allylic oxidation sites excluding steroid dienone is 3. The van der Waals surface area contributed by atoms with Gasteiger partial charge in [0.05, 0.1) is 20.3 Å². The van der Waals surface area contributed by atoms with Crippen LogP contribution < -0.4 is 0 Å². The summed E-state index contributed by atoms with van der Waals surface area (Å²) in [6.45, 7) is 5.88. The predicted molar refractivity (Wildman–Crippen MR) is 103 cm³/mol. The van der Waals surface area contributed by atoms with Crippen LogP contribution in [0.4, 0.5) is 8.78 Å². The molecular weight excluding hydrogens is 350 g/mol. The van der Waals surface area contributed by atoms with Gasteiger partial charge in [-0.3, -0.25) is 0 Å².